The normalized spacial score (nSPS) is 15.1. The topological polar surface area (TPSA) is 120 Å². The Labute approximate surface area is 196 Å². The Balaban J connectivity index is 1.29. The molecule has 1 aliphatic rings. The van der Waals surface area contributed by atoms with Crippen molar-refractivity contribution in [3.8, 4) is 11.4 Å². The number of benzene rings is 2. The van der Waals surface area contributed by atoms with E-state index in [4.69, 9.17) is 0 Å². The average Bonchev–Trinajstić information content (AvgIpc) is 3.46. The maximum atomic E-state index is 12.9. The van der Waals surface area contributed by atoms with Gasteiger partial charge in [0.1, 0.15) is 5.69 Å². The highest BCUT2D eigenvalue weighted by Gasteiger charge is 2.24. The van der Waals surface area contributed by atoms with Gasteiger partial charge in [0, 0.05) is 18.0 Å². The summed E-state index contributed by atoms with van der Waals surface area (Å²) in [6.07, 6.45) is 4.53. The summed E-state index contributed by atoms with van der Waals surface area (Å²) < 4.78 is 23.2. The summed E-state index contributed by atoms with van der Waals surface area (Å²) in [6, 6.07) is 18.0. The van der Waals surface area contributed by atoms with Gasteiger partial charge >= 0.3 is 0 Å². The Morgan fingerprint density at radius 3 is 2.71 bits per heavy atom. The Bertz CT molecular complexity index is 1460. The van der Waals surface area contributed by atoms with Crippen molar-refractivity contribution in [1.29, 1.82) is 0 Å². The summed E-state index contributed by atoms with van der Waals surface area (Å²) in [7, 11) is -3.25. The standard InChI is InChI=1S/C24H22N6O3S/c1-34(32,33)19-9-6-16(7-10-19)15-30-28-23(27-29-30)18-12-13-25-22(14-18)24(31)26-21-11-8-17-4-2-3-5-20(17)21/h2-7,9-10,12-14,21H,8,11,15H2,1H3,(H,26,31). The van der Waals surface area contributed by atoms with Crippen molar-refractivity contribution in [1.82, 2.24) is 30.5 Å². The minimum atomic E-state index is -3.25. The van der Waals surface area contributed by atoms with Gasteiger partial charge < -0.3 is 5.32 Å². The zero-order chi connectivity index (χ0) is 23.7. The van der Waals surface area contributed by atoms with E-state index < -0.39 is 9.84 Å². The van der Waals surface area contributed by atoms with Gasteiger partial charge in [0.25, 0.3) is 5.91 Å². The van der Waals surface area contributed by atoms with E-state index in [0.29, 0.717) is 17.9 Å². The van der Waals surface area contributed by atoms with E-state index in [9.17, 15) is 13.2 Å². The fraction of sp³-hybridized carbons (Fsp3) is 0.208. The zero-order valence-electron chi connectivity index (χ0n) is 18.4. The number of tetrazole rings is 1. The first-order valence-electron chi connectivity index (χ1n) is 10.8. The highest BCUT2D eigenvalue weighted by Crippen LogP contribution is 2.31. The second-order valence-electron chi connectivity index (χ2n) is 8.25. The third-order valence-electron chi connectivity index (χ3n) is 5.82. The van der Waals surface area contributed by atoms with Crippen LogP contribution in [0.25, 0.3) is 11.4 Å². The number of aryl methyl sites for hydroxylation is 1. The van der Waals surface area contributed by atoms with Crippen molar-refractivity contribution >= 4 is 15.7 Å². The summed E-state index contributed by atoms with van der Waals surface area (Å²) in [5, 5.41) is 15.7. The number of aromatic nitrogens is 5. The van der Waals surface area contributed by atoms with E-state index in [-0.39, 0.29) is 22.5 Å². The largest absolute Gasteiger partial charge is 0.344 e. The Kier molecular flexibility index (Phi) is 5.66. The lowest BCUT2D eigenvalue weighted by molar-refractivity contribution is 0.0931. The fourth-order valence-corrected chi connectivity index (χ4v) is 4.69. The molecule has 2 aromatic carbocycles. The van der Waals surface area contributed by atoms with E-state index in [1.807, 2.05) is 18.2 Å². The van der Waals surface area contributed by atoms with Crippen LogP contribution in [-0.4, -0.2) is 45.8 Å². The second kappa shape index (κ2) is 8.79. The maximum absolute atomic E-state index is 12.9. The average molecular weight is 475 g/mol. The van der Waals surface area contributed by atoms with E-state index >= 15 is 0 Å². The van der Waals surface area contributed by atoms with Crippen LogP contribution in [0.2, 0.25) is 0 Å². The smallest absolute Gasteiger partial charge is 0.270 e. The van der Waals surface area contributed by atoms with Crippen LogP contribution in [0.4, 0.5) is 0 Å². The van der Waals surface area contributed by atoms with Crippen LogP contribution >= 0.6 is 0 Å². The zero-order valence-corrected chi connectivity index (χ0v) is 19.2. The predicted molar refractivity (Wildman–Crippen MR) is 125 cm³/mol. The number of rotatable bonds is 6. The molecule has 0 aliphatic heterocycles. The van der Waals surface area contributed by atoms with Crippen LogP contribution in [0.15, 0.2) is 71.8 Å². The molecule has 0 spiro atoms. The molecule has 4 aromatic rings. The van der Waals surface area contributed by atoms with Gasteiger partial charge in [0.15, 0.2) is 9.84 Å². The van der Waals surface area contributed by atoms with Crippen molar-refractivity contribution in [3.05, 3.63) is 89.2 Å². The molecule has 9 nitrogen and oxygen atoms in total. The molecule has 1 unspecified atom stereocenters. The number of fused-ring (bicyclic) bond motifs is 1. The maximum Gasteiger partial charge on any atom is 0.270 e. The number of pyridine rings is 1. The van der Waals surface area contributed by atoms with Gasteiger partial charge in [-0.25, -0.2) is 8.42 Å². The molecule has 2 aromatic heterocycles. The van der Waals surface area contributed by atoms with E-state index in [0.717, 1.165) is 24.0 Å². The van der Waals surface area contributed by atoms with Gasteiger partial charge in [0.2, 0.25) is 5.82 Å². The summed E-state index contributed by atoms with van der Waals surface area (Å²) in [4.78, 5) is 18.8. The Morgan fingerprint density at radius 2 is 1.91 bits per heavy atom. The van der Waals surface area contributed by atoms with Crippen LogP contribution < -0.4 is 5.32 Å². The first kappa shape index (κ1) is 21.9. The molecule has 0 fully saturated rings. The van der Waals surface area contributed by atoms with Crippen LogP contribution in [0.5, 0.6) is 0 Å². The van der Waals surface area contributed by atoms with Crippen molar-refractivity contribution in [3.63, 3.8) is 0 Å². The molecule has 34 heavy (non-hydrogen) atoms. The molecule has 1 atom stereocenters. The van der Waals surface area contributed by atoms with Gasteiger partial charge in [-0.15, -0.1) is 10.2 Å². The highest BCUT2D eigenvalue weighted by atomic mass is 32.2. The van der Waals surface area contributed by atoms with Crippen LogP contribution in [0.1, 0.15) is 39.6 Å². The van der Waals surface area contributed by atoms with Crippen molar-refractivity contribution in [2.75, 3.05) is 6.26 Å². The molecule has 1 amide bonds. The molecule has 10 heteroatoms. The third-order valence-corrected chi connectivity index (χ3v) is 6.95. The molecule has 0 radical (unpaired) electrons. The van der Waals surface area contributed by atoms with Gasteiger partial charge in [-0.1, -0.05) is 36.4 Å². The number of hydrogen-bond donors (Lipinski definition) is 1. The monoisotopic (exact) mass is 474 g/mol. The predicted octanol–water partition coefficient (Wildman–Crippen LogP) is 2.60. The minimum Gasteiger partial charge on any atom is -0.344 e. The molecule has 0 bridgehead atoms. The molecule has 2 heterocycles. The SMILES string of the molecule is CS(=O)(=O)c1ccc(Cn2nnc(-c3ccnc(C(=O)NC4CCc5ccccc54)c3)n2)cc1. The first-order chi connectivity index (χ1) is 16.4. The summed E-state index contributed by atoms with van der Waals surface area (Å²) in [5.41, 5.74) is 4.17. The van der Waals surface area contributed by atoms with Crippen LogP contribution in [0.3, 0.4) is 0 Å². The Morgan fingerprint density at radius 1 is 1.12 bits per heavy atom. The molecular weight excluding hydrogens is 452 g/mol. The molecular formula is C24H22N6O3S. The number of amides is 1. The van der Waals surface area contributed by atoms with Crippen molar-refractivity contribution < 1.29 is 13.2 Å². The van der Waals surface area contributed by atoms with Gasteiger partial charge in [0.05, 0.1) is 17.5 Å². The number of nitrogens with one attached hydrogen (secondary N) is 1. The molecule has 1 aliphatic carbocycles. The van der Waals surface area contributed by atoms with Gasteiger partial charge in [-0.2, -0.15) is 4.80 Å². The number of hydrogen-bond acceptors (Lipinski definition) is 7. The molecule has 5 rings (SSSR count). The summed E-state index contributed by atoms with van der Waals surface area (Å²) >= 11 is 0. The van der Waals surface area contributed by atoms with Crippen molar-refractivity contribution in [2.24, 2.45) is 0 Å². The number of nitrogens with zero attached hydrogens (tertiary/aromatic N) is 5. The lowest BCUT2D eigenvalue weighted by Gasteiger charge is -2.13. The lowest BCUT2D eigenvalue weighted by Crippen LogP contribution is -2.27. The summed E-state index contributed by atoms with van der Waals surface area (Å²) in [6.45, 7) is 0.330. The molecule has 0 saturated heterocycles. The van der Waals surface area contributed by atoms with Gasteiger partial charge in [-0.3, -0.25) is 9.78 Å². The highest BCUT2D eigenvalue weighted by molar-refractivity contribution is 7.90. The number of carbonyl (C=O) groups excluding carboxylic acids is 1. The third kappa shape index (κ3) is 4.58. The quantitative estimate of drug-likeness (QED) is 0.456. The molecule has 172 valence electrons. The van der Waals surface area contributed by atoms with Crippen molar-refractivity contribution in [2.45, 2.75) is 30.3 Å². The molecule has 0 saturated carbocycles. The lowest BCUT2D eigenvalue weighted by atomic mass is 10.1. The Hall–Kier alpha value is -3.92. The van der Waals surface area contributed by atoms with Crippen LogP contribution in [-0.2, 0) is 22.8 Å². The number of carbonyl (C=O) groups is 1. The fourth-order valence-electron chi connectivity index (χ4n) is 4.06. The second-order valence-corrected chi connectivity index (χ2v) is 10.3. The minimum absolute atomic E-state index is 0.0257. The van der Waals surface area contributed by atoms with E-state index in [1.165, 1.54) is 16.6 Å². The summed E-state index contributed by atoms with van der Waals surface area (Å²) in [5.74, 6) is 0.123. The van der Waals surface area contributed by atoms with E-state index in [1.54, 1.807) is 42.6 Å². The van der Waals surface area contributed by atoms with Crippen LogP contribution in [0, 0.1) is 0 Å². The van der Waals surface area contributed by atoms with E-state index in [2.05, 4.69) is 31.8 Å². The number of sulfone groups is 1. The first-order valence-corrected chi connectivity index (χ1v) is 12.7. The van der Waals surface area contributed by atoms with Gasteiger partial charge in [-0.05, 0) is 59.0 Å². The molecule has 1 N–H and O–H groups in total.